The molecule has 1 unspecified atom stereocenters. The monoisotopic (exact) mass is 223 g/mol. The quantitative estimate of drug-likeness (QED) is 0.777. The molecule has 0 aliphatic carbocycles. The number of nitriles is 1. The molecule has 1 fully saturated rings. The van der Waals surface area contributed by atoms with Crippen molar-refractivity contribution in [1.82, 2.24) is 4.98 Å². The molecule has 1 saturated heterocycles. The lowest BCUT2D eigenvalue weighted by Crippen LogP contribution is -2.22. The van der Waals surface area contributed by atoms with Crippen LogP contribution in [0.5, 0.6) is 0 Å². The Morgan fingerprint density at radius 1 is 1.67 bits per heavy atom. The number of aliphatic hydroxyl groups excluding tert-OH is 1. The zero-order valence-corrected chi connectivity index (χ0v) is 8.78. The second-order valence-corrected chi connectivity index (χ2v) is 3.94. The first kappa shape index (κ1) is 10.2. The van der Waals surface area contributed by atoms with Gasteiger partial charge in [0, 0.05) is 19.3 Å². The zero-order chi connectivity index (χ0) is 10.8. The van der Waals surface area contributed by atoms with Crippen molar-refractivity contribution in [2.45, 2.75) is 12.5 Å². The summed E-state index contributed by atoms with van der Waals surface area (Å²) in [5, 5.41) is 18.5. The van der Waals surface area contributed by atoms with Gasteiger partial charge in [0.05, 0.1) is 16.7 Å². The van der Waals surface area contributed by atoms with E-state index in [0.717, 1.165) is 13.0 Å². The zero-order valence-electron chi connectivity index (χ0n) is 8.02. The molecule has 5 heteroatoms. The molecule has 2 heterocycles. The van der Waals surface area contributed by atoms with Crippen LogP contribution < -0.4 is 4.90 Å². The topological polar surface area (TPSA) is 60.2 Å². The maximum absolute atomic E-state index is 9.39. The minimum atomic E-state index is -0.307. The normalized spacial score (nSPS) is 20.3. The summed E-state index contributed by atoms with van der Waals surface area (Å²) in [6.07, 6.45) is 1.92. The molecule has 1 aromatic rings. The van der Waals surface area contributed by atoms with Gasteiger partial charge in [-0.15, -0.1) is 0 Å². The van der Waals surface area contributed by atoms with Gasteiger partial charge < -0.3 is 10.0 Å². The number of aliphatic hydroxyl groups is 1. The van der Waals surface area contributed by atoms with Crippen molar-refractivity contribution < 1.29 is 5.11 Å². The summed E-state index contributed by atoms with van der Waals surface area (Å²) < 4.78 is 0. The third-order valence-corrected chi connectivity index (χ3v) is 2.69. The highest BCUT2D eigenvalue weighted by Crippen LogP contribution is 2.26. The molecule has 0 radical (unpaired) electrons. The van der Waals surface area contributed by atoms with Crippen LogP contribution in [0.15, 0.2) is 12.3 Å². The van der Waals surface area contributed by atoms with Crippen molar-refractivity contribution in [1.29, 1.82) is 5.26 Å². The first-order valence-corrected chi connectivity index (χ1v) is 5.07. The number of β-amino-alcohol motifs (C(OH)–C–C–N with tert-alkyl or cyclic N) is 1. The smallest absolute Gasteiger partial charge is 0.147 e. The molecular weight excluding hydrogens is 214 g/mol. The maximum atomic E-state index is 9.39. The lowest BCUT2D eigenvalue weighted by Gasteiger charge is -2.17. The van der Waals surface area contributed by atoms with Crippen molar-refractivity contribution in [3.63, 3.8) is 0 Å². The molecule has 0 amide bonds. The molecule has 78 valence electrons. The van der Waals surface area contributed by atoms with Gasteiger partial charge in [-0.3, -0.25) is 0 Å². The fraction of sp³-hybridized carbons (Fsp3) is 0.400. The molecule has 0 bridgehead atoms. The fourth-order valence-electron chi connectivity index (χ4n) is 1.66. The van der Waals surface area contributed by atoms with Gasteiger partial charge in [0.25, 0.3) is 0 Å². The summed E-state index contributed by atoms with van der Waals surface area (Å²) in [6, 6.07) is 3.57. The fourth-order valence-corrected chi connectivity index (χ4v) is 1.94. The summed E-state index contributed by atoms with van der Waals surface area (Å²) in [7, 11) is 0. The largest absolute Gasteiger partial charge is 0.391 e. The number of nitrogens with zero attached hydrogens (tertiary/aromatic N) is 3. The maximum Gasteiger partial charge on any atom is 0.147 e. The molecule has 1 N–H and O–H groups in total. The average molecular weight is 224 g/mol. The number of aromatic nitrogens is 1. The van der Waals surface area contributed by atoms with Gasteiger partial charge in [-0.05, 0) is 12.5 Å². The summed E-state index contributed by atoms with van der Waals surface area (Å²) in [6.45, 7) is 1.30. The van der Waals surface area contributed by atoms with Gasteiger partial charge >= 0.3 is 0 Å². The van der Waals surface area contributed by atoms with Crippen molar-refractivity contribution in [3.8, 4) is 6.07 Å². The van der Waals surface area contributed by atoms with Crippen molar-refractivity contribution in [2.75, 3.05) is 18.0 Å². The van der Waals surface area contributed by atoms with Crippen LogP contribution in [-0.2, 0) is 0 Å². The summed E-state index contributed by atoms with van der Waals surface area (Å²) in [5.41, 5.74) is 0.448. The van der Waals surface area contributed by atoms with Gasteiger partial charge in [0.2, 0.25) is 0 Å². The third-order valence-electron chi connectivity index (χ3n) is 2.41. The van der Waals surface area contributed by atoms with Crippen LogP contribution in [0.3, 0.4) is 0 Å². The molecule has 4 nitrogen and oxygen atoms in total. The van der Waals surface area contributed by atoms with Crippen LogP contribution in [0.4, 0.5) is 5.82 Å². The van der Waals surface area contributed by atoms with E-state index in [1.807, 2.05) is 11.0 Å². The lowest BCUT2D eigenvalue weighted by atomic mass is 10.3. The minimum Gasteiger partial charge on any atom is -0.391 e. The van der Waals surface area contributed by atoms with Crippen LogP contribution in [0.1, 0.15) is 12.0 Å². The Morgan fingerprint density at radius 2 is 2.47 bits per heavy atom. The molecule has 1 aliphatic rings. The number of halogens is 1. The Kier molecular flexibility index (Phi) is 2.76. The molecule has 15 heavy (non-hydrogen) atoms. The Balaban J connectivity index is 2.26. The average Bonchev–Trinajstić information content (AvgIpc) is 2.64. The van der Waals surface area contributed by atoms with Gasteiger partial charge in [0.1, 0.15) is 11.9 Å². The Hall–Kier alpha value is -1.31. The van der Waals surface area contributed by atoms with E-state index >= 15 is 0 Å². The van der Waals surface area contributed by atoms with Crippen molar-refractivity contribution in [2.24, 2.45) is 0 Å². The molecule has 2 rings (SSSR count). The second kappa shape index (κ2) is 4.05. The SMILES string of the molecule is N#Cc1cnc(N2CCC(O)C2)c(Cl)c1. The summed E-state index contributed by atoms with van der Waals surface area (Å²) in [5.74, 6) is 0.646. The number of anilines is 1. The van der Waals surface area contributed by atoms with Gasteiger partial charge in [0.15, 0.2) is 0 Å². The molecule has 1 aromatic heterocycles. The molecule has 0 spiro atoms. The van der Waals surface area contributed by atoms with E-state index in [1.54, 1.807) is 6.07 Å². The van der Waals surface area contributed by atoms with Crippen LogP contribution in [0.2, 0.25) is 5.02 Å². The molecular formula is C10H10ClN3O. The van der Waals surface area contributed by atoms with Crippen LogP contribution in [-0.4, -0.2) is 29.3 Å². The minimum absolute atomic E-state index is 0.307. The third kappa shape index (κ3) is 2.04. The highest BCUT2D eigenvalue weighted by molar-refractivity contribution is 6.33. The number of pyridine rings is 1. The van der Waals surface area contributed by atoms with E-state index in [-0.39, 0.29) is 6.10 Å². The predicted molar refractivity (Wildman–Crippen MR) is 56.8 cm³/mol. The standard InChI is InChI=1S/C10H10ClN3O/c11-9-3-7(4-12)5-13-10(9)14-2-1-8(15)6-14/h3,5,8,15H,1-2,6H2. The highest BCUT2D eigenvalue weighted by atomic mass is 35.5. The second-order valence-electron chi connectivity index (χ2n) is 3.53. The Bertz CT molecular complexity index is 416. The van der Waals surface area contributed by atoms with Crippen LogP contribution in [0.25, 0.3) is 0 Å². The first-order valence-electron chi connectivity index (χ1n) is 4.69. The number of rotatable bonds is 1. The first-order chi connectivity index (χ1) is 7.20. The van der Waals surface area contributed by atoms with Crippen molar-refractivity contribution >= 4 is 17.4 Å². The summed E-state index contributed by atoms with van der Waals surface area (Å²) >= 11 is 6.00. The predicted octanol–water partition coefficient (Wildman–Crippen LogP) is 1.18. The highest BCUT2D eigenvalue weighted by Gasteiger charge is 2.23. The van der Waals surface area contributed by atoms with E-state index in [4.69, 9.17) is 16.9 Å². The lowest BCUT2D eigenvalue weighted by molar-refractivity contribution is 0.198. The van der Waals surface area contributed by atoms with E-state index in [0.29, 0.717) is 22.9 Å². The van der Waals surface area contributed by atoms with E-state index in [2.05, 4.69) is 4.98 Å². The number of hydrogen-bond acceptors (Lipinski definition) is 4. The van der Waals surface area contributed by atoms with Crippen molar-refractivity contribution in [3.05, 3.63) is 22.8 Å². The molecule has 1 atom stereocenters. The van der Waals surface area contributed by atoms with E-state index in [1.165, 1.54) is 6.20 Å². The summed E-state index contributed by atoms with van der Waals surface area (Å²) in [4.78, 5) is 6.05. The van der Waals surface area contributed by atoms with E-state index in [9.17, 15) is 5.11 Å². The Morgan fingerprint density at radius 3 is 3.00 bits per heavy atom. The van der Waals surface area contributed by atoms with Gasteiger partial charge in [-0.2, -0.15) is 5.26 Å². The van der Waals surface area contributed by atoms with Crippen LogP contribution in [0, 0.1) is 11.3 Å². The van der Waals surface area contributed by atoms with Gasteiger partial charge in [-0.25, -0.2) is 4.98 Å². The van der Waals surface area contributed by atoms with Crippen LogP contribution >= 0.6 is 11.6 Å². The van der Waals surface area contributed by atoms with Gasteiger partial charge in [-0.1, -0.05) is 11.6 Å². The molecule has 1 aliphatic heterocycles. The number of hydrogen-bond donors (Lipinski definition) is 1. The molecule has 0 aromatic carbocycles. The van der Waals surface area contributed by atoms with E-state index < -0.39 is 0 Å². The molecule has 0 saturated carbocycles. The Labute approximate surface area is 92.7 Å².